The fraction of sp³-hybridized carbons (Fsp3) is 0.455. The number of amides is 1. The molecule has 0 aromatic carbocycles. The van der Waals surface area contributed by atoms with Crippen molar-refractivity contribution in [3.63, 3.8) is 0 Å². The summed E-state index contributed by atoms with van der Waals surface area (Å²) >= 11 is 0. The van der Waals surface area contributed by atoms with Crippen molar-refractivity contribution in [2.45, 2.75) is 19.9 Å². The third kappa shape index (κ3) is 2.53. The highest BCUT2D eigenvalue weighted by Gasteiger charge is 2.19. The lowest BCUT2D eigenvalue weighted by atomic mass is 10.2. The summed E-state index contributed by atoms with van der Waals surface area (Å²) in [7, 11) is 1.66. The Bertz CT molecular complexity index is 352. The number of carbonyl (C=O) groups excluding carboxylic acids is 1. The van der Waals surface area contributed by atoms with Gasteiger partial charge in [0.2, 0.25) is 0 Å². The van der Waals surface area contributed by atoms with Crippen LogP contribution in [0.3, 0.4) is 0 Å². The van der Waals surface area contributed by atoms with Crippen LogP contribution < -0.4 is 0 Å². The molecule has 0 bridgehead atoms. The van der Waals surface area contributed by atoms with E-state index in [4.69, 9.17) is 5.11 Å². The van der Waals surface area contributed by atoms with Gasteiger partial charge in [-0.3, -0.25) is 9.78 Å². The van der Waals surface area contributed by atoms with Crippen LogP contribution in [0.4, 0.5) is 0 Å². The molecule has 15 heavy (non-hydrogen) atoms. The normalized spacial score (nSPS) is 12.3. The van der Waals surface area contributed by atoms with Crippen LogP contribution in [0.5, 0.6) is 0 Å². The number of carbonyl (C=O) groups is 1. The standard InChI is InChI=1S/C11H16N2O2/c1-8-5-4-6-12-10(8)11(15)13(3)9(2)7-14/h4-6,9,14H,7H2,1-3H3. The Balaban J connectivity index is 2.90. The van der Waals surface area contributed by atoms with Gasteiger partial charge in [-0.15, -0.1) is 0 Å². The quantitative estimate of drug-likeness (QED) is 0.801. The number of hydrogen-bond donors (Lipinski definition) is 1. The lowest BCUT2D eigenvalue weighted by Crippen LogP contribution is -2.38. The summed E-state index contributed by atoms with van der Waals surface area (Å²) in [6, 6.07) is 3.44. The summed E-state index contributed by atoms with van der Waals surface area (Å²) in [4.78, 5) is 17.5. The molecule has 0 spiro atoms. The smallest absolute Gasteiger partial charge is 0.272 e. The summed E-state index contributed by atoms with van der Waals surface area (Å²) in [5.41, 5.74) is 1.29. The minimum atomic E-state index is -0.195. The summed E-state index contributed by atoms with van der Waals surface area (Å²) in [6.45, 7) is 3.59. The second kappa shape index (κ2) is 4.89. The molecule has 1 amide bonds. The second-order valence-electron chi connectivity index (χ2n) is 3.62. The van der Waals surface area contributed by atoms with Crippen LogP contribution in [0.25, 0.3) is 0 Å². The molecular formula is C11H16N2O2. The first-order valence-electron chi connectivity index (χ1n) is 4.87. The lowest BCUT2D eigenvalue weighted by Gasteiger charge is -2.23. The van der Waals surface area contributed by atoms with Gasteiger partial charge in [0.25, 0.3) is 5.91 Å². The predicted octanol–water partition coefficient (Wildman–Crippen LogP) is 0.843. The van der Waals surface area contributed by atoms with E-state index in [0.29, 0.717) is 5.69 Å². The van der Waals surface area contributed by atoms with E-state index in [1.807, 2.05) is 13.0 Å². The number of nitrogens with zero attached hydrogens (tertiary/aromatic N) is 2. The number of aliphatic hydroxyl groups is 1. The number of likely N-dealkylation sites (N-methyl/N-ethyl adjacent to an activating group) is 1. The molecule has 82 valence electrons. The van der Waals surface area contributed by atoms with Crippen molar-refractivity contribution in [1.82, 2.24) is 9.88 Å². The summed E-state index contributed by atoms with van der Waals surface area (Å²) in [6.07, 6.45) is 1.59. The number of aliphatic hydroxyl groups excluding tert-OH is 1. The maximum atomic E-state index is 11.9. The second-order valence-corrected chi connectivity index (χ2v) is 3.62. The molecule has 0 aliphatic carbocycles. The Morgan fingerprint density at radius 2 is 2.33 bits per heavy atom. The molecular weight excluding hydrogens is 192 g/mol. The van der Waals surface area contributed by atoms with Crippen LogP contribution in [0, 0.1) is 6.92 Å². The Hall–Kier alpha value is -1.42. The molecule has 0 radical (unpaired) electrons. The zero-order valence-corrected chi connectivity index (χ0v) is 9.27. The number of aryl methyl sites for hydroxylation is 1. The van der Waals surface area contributed by atoms with E-state index in [-0.39, 0.29) is 18.6 Å². The van der Waals surface area contributed by atoms with Gasteiger partial charge in [0.05, 0.1) is 12.6 Å². The van der Waals surface area contributed by atoms with Gasteiger partial charge in [-0.05, 0) is 25.5 Å². The Labute approximate surface area is 89.6 Å². The van der Waals surface area contributed by atoms with Crippen molar-refractivity contribution in [3.05, 3.63) is 29.6 Å². The molecule has 1 atom stereocenters. The fourth-order valence-electron chi connectivity index (χ4n) is 1.20. The van der Waals surface area contributed by atoms with Gasteiger partial charge >= 0.3 is 0 Å². The monoisotopic (exact) mass is 208 g/mol. The maximum Gasteiger partial charge on any atom is 0.272 e. The van der Waals surface area contributed by atoms with Crippen molar-refractivity contribution in [2.24, 2.45) is 0 Å². The first-order valence-corrected chi connectivity index (χ1v) is 4.87. The number of pyridine rings is 1. The van der Waals surface area contributed by atoms with E-state index in [1.54, 1.807) is 26.2 Å². The van der Waals surface area contributed by atoms with Gasteiger partial charge in [0, 0.05) is 13.2 Å². The van der Waals surface area contributed by atoms with Gasteiger partial charge < -0.3 is 10.0 Å². The molecule has 0 aliphatic heterocycles. The maximum absolute atomic E-state index is 11.9. The zero-order chi connectivity index (χ0) is 11.4. The summed E-state index contributed by atoms with van der Waals surface area (Å²) in [5.74, 6) is -0.158. The molecule has 1 N–H and O–H groups in total. The Morgan fingerprint density at radius 3 is 2.87 bits per heavy atom. The van der Waals surface area contributed by atoms with Crippen molar-refractivity contribution in [2.75, 3.05) is 13.7 Å². The zero-order valence-electron chi connectivity index (χ0n) is 9.27. The van der Waals surface area contributed by atoms with E-state index in [0.717, 1.165) is 5.56 Å². The van der Waals surface area contributed by atoms with Crippen LogP contribution in [0.1, 0.15) is 23.0 Å². The SMILES string of the molecule is Cc1cccnc1C(=O)N(C)C(C)CO. The predicted molar refractivity (Wildman–Crippen MR) is 57.6 cm³/mol. The first kappa shape index (κ1) is 11.7. The Kier molecular flexibility index (Phi) is 3.80. The van der Waals surface area contributed by atoms with Crippen molar-refractivity contribution in [3.8, 4) is 0 Å². The van der Waals surface area contributed by atoms with Crippen LogP contribution >= 0.6 is 0 Å². The molecule has 1 aromatic heterocycles. The van der Waals surface area contributed by atoms with Crippen LogP contribution in [0.2, 0.25) is 0 Å². The first-order chi connectivity index (χ1) is 7.07. The minimum absolute atomic E-state index is 0.0475. The molecule has 4 nitrogen and oxygen atoms in total. The minimum Gasteiger partial charge on any atom is -0.394 e. The highest BCUT2D eigenvalue weighted by atomic mass is 16.3. The molecule has 0 saturated heterocycles. The molecule has 0 aliphatic rings. The van der Waals surface area contributed by atoms with E-state index in [1.165, 1.54) is 4.90 Å². The topological polar surface area (TPSA) is 53.4 Å². The van der Waals surface area contributed by atoms with Gasteiger partial charge in [0.15, 0.2) is 0 Å². The summed E-state index contributed by atoms with van der Waals surface area (Å²) < 4.78 is 0. The van der Waals surface area contributed by atoms with E-state index >= 15 is 0 Å². The van der Waals surface area contributed by atoms with E-state index < -0.39 is 0 Å². The van der Waals surface area contributed by atoms with Crippen LogP contribution in [-0.4, -0.2) is 40.6 Å². The van der Waals surface area contributed by atoms with Crippen molar-refractivity contribution >= 4 is 5.91 Å². The third-order valence-corrected chi connectivity index (χ3v) is 2.46. The van der Waals surface area contributed by atoms with E-state index in [9.17, 15) is 4.79 Å². The van der Waals surface area contributed by atoms with Crippen molar-refractivity contribution in [1.29, 1.82) is 0 Å². The Morgan fingerprint density at radius 1 is 1.67 bits per heavy atom. The van der Waals surface area contributed by atoms with Gasteiger partial charge in [-0.2, -0.15) is 0 Å². The van der Waals surface area contributed by atoms with Gasteiger partial charge in [-0.25, -0.2) is 0 Å². The average Bonchev–Trinajstić information content (AvgIpc) is 2.26. The van der Waals surface area contributed by atoms with Gasteiger partial charge in [-0.1, -0.05) is 6.07 Å². The largest absolute Gasteiger partial charge is 0.394 e. The van der Waals surface area contributed by atoms with E-state index in [2.05, 4.69) is 4.98 Å². The highest BCUT2D eigenvalue weighted by molar-refractivity contribution is 5.93. The molecule has 0 fully saturated rings. The average molecular weight is 208 g/mol. The molecule has 0 saturated carbocycles. The van der Waals surface area contributed by atoms with Crippen LogP contribution in [0.15, 0.2) is 18.3 Å². The third-order valence-electron chi connectivity index (χ3n) is 2.46. The number of aromatic nitrogens is 1. The highest BCUT2D eigenvalue weighted by Crippen LogP contribution is 2.08. The lowest BCUT2D eigenvalue weighted by molar-refractivity contribution is 0.0675. The molecule has 1 aromatic rings. The fourth-order valence-corrected chi connectivity index (χ4v) is 1.20. The van der Waals surface area contributed by atoms with Crippen LogP contribution in [-0.2, 0) is 0 Å². The molecule has 1 heterocycles. The summed E-state index contributed by atoms with van der Waals surface area (Å²) in [5, 5.41) is 8.96. The number of hydrogen-bond acceptors (Lipinski definition) is 3. The van der Waals surface area contributed by atoms with Gasteiger partial charge in [0.1, 0.15) is 5.69 Å². The molecule has 1 unspecified atom stereocenters. The molecule has 4 heteroatoms. The molecule has 1 rings (SSSR count). The van der Waals surface area contributed by atoms with Crippen molar-refractivity contribution < 1.29 is 9.90 Å². The number of rotatable bonds is 3.